The molecule has 0 radical (unpaired) electrons. The van der Waals surface area contributed by atoms with E-state index < -0.39 is 55.3 Å². The van der Waals surface area contributed by atoms with E-state index in [-0.39, 0.29) is 50.6 Å². The highest BCUT2D eigenvalue weighted by molar-refractivity contribution is 7.86. The maximum atomic E-state index is 12.2. The van der Waals surface area contributed by atoms with Gasteiger partial charge in [-0.05, 0) is 38.5 Å². The molecule has 0 heterocycles. The van der Waals surface area contributed by atoms with E-state index in [1.54, 1.807) is 20.8 Å². The number of hydrogen-bond donors (Lipinski definition) is 2. The van der Waals surface area contributed by atoms with Gasteiger partial charge < -0.3 is 15.2 Å². The Bertz CT molecular complexity index is 1210. The van der Waals surface area contributed by atoms with Gasteiger partial charge in [-0.15, -0.1) is 0 Å². The van der Waals surface area contributed by atoms with Crippen molar-refractivity contribution in [3.05, 3.63) is 39.4 Å². The van der Waals surface area contributed by atoms with E-state index in [0.29, 0.717) is 5.56 Å². The maximum absolute atomic E-state index is 12.2. The molecule has 1 aromatic carbocycles. The minimum absolute atomic E-state index is 0.0967. The van der Waals surface area contributed by atoms with Crippen LogP contribution >= 0.6 is 0 Å². The maximum Gasteiger partial charge on any atom is 0.407 e. The minimum atomic E-state index is -3.74. The minimum Gasteiger partial charge on any atom is -0.481 e. The topological polar surface area (TPSA) is 218 Å². The van der Waals surface area contributed by atoms with Crippen molar-refractivity contribution in [3.63, 3.8) is 0 Å². The predicted octanol–water partition coefficient (Wildman–Crippen LogP) is 1.19. The summed E-state index contributed by atoms with van der Waals surface area (Å²) < 4.78 is 59.5. The zero-order chi connectivity index (χ0) is 30.7. The Morgan fingerprint density at radius 1 is 1.07 bits per heavy atom. The molecule has 1 aromatic rings. The number of benzene rings is 1. The smallest absolute Gasteiger partial charge is 0.407 e. The Kier molecular flexibility index (Phi) is 13.3. The first-order valence-corrected chi connectivity index (χ1v) is 15.4. The molecule has 0 fully saturated rings. The summed E-state index contributed by atoms with van der Waals surface area (Å²) in [5.41, 5.74) is -0.651. The SMILES string of the molecule is CC(C)(C)OC(=O)N[C@H](CC(=O)O)Cc1cc(CON(CCOS(C)(=O)=O)CCOS(C)(=O)=O)ccc1[N+](=O)[O-]. The lowest BCUT2D eigenvalue weighted by atomic mass is 9.99. The molecule has 1 atom stereocenters. The highest BCUT2D eigenvalue weighted by atomic mass is 32.2. The first-order valence-electron chi connectivity index (χ1n) is 11.8. The van der Waals surface area contributed by atoms with Crippen molar-refractivity contribution in [2.24, 2.45) is 0 Å². The van der Waals surface area contributed by atoms with Gasteiger partial charge in [0.1, 0.15) is 5.60 Å². The fourth-order valence-corrected chi connectivity index (χ4v) is 3.94. The quantitative estimate of drug-likeness (QED) is 0.143. The first-order chi connectivity index (χ1) is 18.2. The summed E-state index contributed by atoms with van der Waals surface area (Å²) in [4.78, 5) is 40.2. The summed E-state index contributed by atoms with van der Waals surface area (Å²) in [5, 5.41) is 24.5. The molecule has 228 valence electrons. The fourth-order valence-electron chi connectivity index (χ4n) is 3.18. The van der Waals surface area contributed by atoms with Crippen molar-refractivity contribution in [2.45, 2.75) is 51.9 Å². The third kappa shape index (κ3) is 16.3. The van der Waals surface area contributed by atoms with Crippen LogP contribution in [0.4, 0.5) is 10.5 Å². The number of hydroxylamine groups is 2. The van der Waals surface area contributed by atoms with Crippen LogP contribution < -0.4 is 5.32 Å². The second kappa shape index (κ2) is 15.2. The molecule has 0 aliphatic rings. The van der Waals surface area contributed by atoms with Crippen LogP contribution in [-0.2, 0) is 56.0 Å². The Morgan fingerprint density at radius 2 is 1.62 bits per heavy atom. The number of aliphatic carboxylic acids is 1. The lowest BCUT2D eigenvalue weighted by Gasteiger charge is -2.23. The number of carboxylic acids is 1. The summed E-state index contributed by atoms with van der Waals surface area (Å²) >= 11 is 0. The molecule has 1 rings (SSSR count). The van der Waals surface area contributed by atoms with Gasteiger partial charge in [0.2, 0.25) is 0 Å². The van der Waals surface area contributed by atoms with Gasteiger partial charge in [0, 0.05) is 37.2 Å². The fraction of sp³-hybridized carbons (Fsp3) is 0.636. The normalized spacial score (nSPS) is 13.2. The van der Waals surface area contributed by atoms with Crippen LogP contribution in [0.15, 0.2) is 18.2 Å². The van der Waals surface area contributed by atoms with Gasteiger partial charge in [0.15, 0.2) is 0 Å². The number of nitro groups is 1. The van der Waals surface area contributed by atoms with Gasteiger partial charge >= 0.3 is 12.1 Å². The number of nitrogens with zero attached hydrogens (tertiary/aromatic N) is 2. The van der Waals surface area contributed by atoms with E-state index in [1.807, 2.05) is 0 Å². The first kappa shape index (κ1) is 35.1. The molecular weight excluding hydrogens is 578 g/mol. The van der Waals surface area contributed by atoms with E-state index in [9.17, 15) is 41.6 Å². The van der Waals surface area contributed by atoms with E-state index in [1.165, 1.54) is 23.3 Å². The van der Waals surface area contributed by atoms with Gasteiger partial charge in [-0.1, -0.05) is 0 Å². The van der Waals surface area contributed by atoms with Crippen molar-refractivity contribution in [3.8, 4) is 0 Å². The van der Waals surface area contributed by atoms with Gasteiger partial charge in [0.05, 0.1) is 43.7 Å². The molecule has 40 heavy (non-hydrogen) atoms. The van der Waals surface area contributed by atoms with Crippen molar-refractivity contribution >= 4 is 38.0 Å². The zero-order valence-corrected chi connectivity index (χ0v) is 24.4. The average Bonchev–Trinajstić information content (AvgIpc) is 2.73. The second-order valence-electron chi connectivity index (χ2n) is 9.62. The summed E-state index contributed by atoms with van der Waals surface area (Å²) in [5.74, 6) is -1.24. The molecule has 0 aromatic heterocycles. The number of rotatable bonds is 17. The number of carboxylic acid groups (broad SMARTS) is 1. The number of nitrogens with one attached hydrogen (secondary N) is 1. The lowest BCUT2D eigenvalue weighted by Crippen LogP contribution is -2.41. The molecule has 0 saturated carbocycles. The third-order valence-electron chi connectivity index (χ3n) is 4.64. The Labute approximate surface area is 232 Å². The van der Waals surface area contributed by atoms with Crippen LogP contribution in [0.2, 0.25) is 0 Å². The van der Waals surface area contributed by atoms with Crippen LogP contribution in [0.5, 0.6) is 0 Å². The van der Waals surface area contributed by atoms with Crippen LogP contribution in [0.1, 0.15) is 38.3 Å². The highest BCUT2D eigenvalue weighted by Gasteiger charge is 2.25. The van der Waals surface area contributed by atoms with Gasteiger partial charge in [-0.3, -0.25) is 28.1 Å². The number of carbonyl (C=O) groups is 2. The molecule has 16 nitrogen and oxygen atoms in total. The van der Waals surface area contributed by atoms with Gasteiger partial charge in [-0.2, -0.15) is 21.9 Å². The zero-order valence-electron chi connectivity index (χ0n) is 22.8. The molecule has 0 spiro atoms. The number of nitro benzene ring substituents is 1. The standard InChI is InChI=1S/C22H35N3O13S2/c1-22(2,3)38-21(28)23-18(14-20(26)27)13-17-12-16(6-7-19(17)25(29)30)15-35-24(8-10-36-39(4,31)32)9-11-37-40(5,33)34/h6-7,12,18H,8-11,13-15H2,1-5H3,(H,23,28)(H,26,27)/t18-/m0/s1. The summed E-state index contributed by atoms with van der Waals surface area (Å²) in [7, 11) is -7.48. The number of hydrogen-bond acceptors (Lipinski definition) is 13. The highest BCUT2D eigenvalue weighted by Crippen LogP contribution is 2.23. The van der Waals surface area contributed by atoms with Crippen molar-refractivity contribution in [2.75, 3.05) is 38.8 Å². The predicted molar refractivity (Wildman–Crippen MR) is 140 cm³/mol. The van der Waals surface area contributed by atoms with Crippen LogP contribution in [0.25, 0.3) is 0 Å². The Balaban J connectivity index is 3.09. The molecule has 2 N–H and O–H groups in total. The molecule has 18 heteroatoms. The number of ether oxygens (including phenoxy) is 1. The monoisotopic (exact) mass is 613 g/mol. The summed E-state index contributed by atoms with van der Waals surface area (Å²) in [6.07, 6.45) is 0.0800. The molecule has 0 saturated heterocycles. The van der Waals surface area contributed by atoms with E-state index in [4.69, 9.17) is 9.57 Å². The molecule has 0 bridgehead atoms. The average molecular weight is 614 g/mol. The van der Waals surface area contributed by atoms with Crippen LogP contribution in [0, 0.1) is 10.1 Å². The van der Waals surface area contributed by atoms with E-state index >= 15 is 0 Å². The summed E-state index contributed by atoms with van der Waals surface area (Å²) in [6, 6.07) is 2.96. The molecule has 0 aliphatic carbocycles. The number of amides is 1. The lowest BCUT2D eigenvalue weighted by molar-refractivity contribution is -0.385. The Morgan fingerprint density at radius 3 is 2.08 bits per heavy atom. The molecule has 0 unspecified atom stereocenters. The summed E-state index contributed by atoms with van der Waals surface area (Å²) in [6.45, 7) is 3.87. The van der Waals surface area contributed by atoms with Crippen LogP contribution in [0.3, 0.4) is 0 Å². The van der Waals surface area contributed by atoms with Gasteiger partial charge in [0.25, 0.3) is 25.9 Å². The number of alkyl carbamates (subject to hydrolysis) is 1. The largest absolute Gasteiger partial charge is 0.481 e. The Hall–Kier alpha value is -2.90. The molecule has 0 aliphatic heterocycles. The van der Waals surface area contributed by atoms with E-state index in [0.717, 1.165) is 12.5 Å². The molecule has 1 amide bonds. The van der Waals surface area contributed by atoms with E-state index in [2.05, 4.69) is 13.7 Å². The van der Waals surface area contributed by atoms with Gasteiger partial charge in [-0.25, -0.2) is 4.79 Å². The number of carbonyl (C=O) groups excluding carboxylic acids is 1. The van der Waals surface area contributed by atoms with Crippen molar-refractivity contribution < 1.29 is 54.4 Å². The second-order valence-corrected chi connectivity index (χ2v) is 12.9. The molecular formula is C22H35N3O13S2. The third-order valence-corrected chi connectivity index (χ3v) is 5.83. The van der Waals surface area contributed by atoms with Crippen molar-refractivity contribution in [1.29, 1.82) is 0 Å². The van der Waals surface area contributed by atoms with Crippen LogP contribution in [-0.4, -0.2) is 94.4 Å². The van der Waals surface area contributed by atoms with Crippen molar-refractivity contribution in [1.82, 2.24) is 10.4 Å².